The molecule has 116 valence electrons. The van der Waals surface area contributed by atoms with Crippen LogP contribution >= 0.6 is 0 Å². The Balaban J connectivity index is 2.25. The maximum Gasteiger partial charge on any atom is 0.220 e. The molecule has 1 aromatic carbocycles. The number of amides is 1. The molecule has 1 aliphatic heterocycles. The Morgan fingerprint density at radius 1 is 1.14 bits per heavy atom. The summed E-state index contributed by atoms with van der Waals surface area (Å²) in [6.07, 6.45) is 2.44. The maximum atomic E-state index is 11.5. The molecule has 1 N–H and O–H groups in total. The van der Waals surface area contributed by atoms with E-state index in [0.29, 0.717) is 26.2 Å². The summed E-state index contributed by atoms with van der Waals surface area (Å²) in [6.45, 7) is 8.29. The van der Waals surface area contributed by atoms with Crippen molar-refractivity contribution >= 4 is 5.91 Å². The van der Waals surface area contributed by atoms with Crippen LogP contribution in [-0.4, -0.2) is 25.7 Å². The van der Waals surface area contributed by atoms with Crippen LogP contribution in [0.15, 0.2) is 18.2 Å². The van der Waals surface area contributed by atoms with Crippen LogP contribution in [0.4, 0.5) is 0 Å². The Bertz CT molecular complexity index is 501. The lowest BCUT2D eigenvalue weighted by Gasteiger charge is -2.23. The van der Waals surface area contributed by atoms with Gasteiger partial charge in [-0.2, -0.15) is 0 Å². The van der Waals surface area contributed by atoms with E-state index in [-0.39, 0.29) is 11.3 Å². The van der Waals surface area contributed by atoms with E-state index in [9.17, 15) is 4.79 Å². The lowest BCUT2D eigenvalue weighted by molar-refractivity contribution is -0.119. The van der Waals surface area contributed by atoms with Gasteiger partial charge in [-0.3, -0.25) is 4.79 Å². The van der Waals surface area contributed by atoms with E-state index < -0.39 is 0 Å². The summed E-state index contributed by atoms with van der Waals surface area (Å²) in [6, 6.07) is 6.04. The van der Waals surface area contributed by atoms with Gasteiger partial charge in [-0.25, -0.2) is 0 Å². The largest absolute Gasteiger partial charge is 0.490 e. The molecule has 1 saturated heterocycles. The Kier molecular flexibility index (Phi) is 5.10. The van der Waals surface area contributed by atoms with Crippen LogP contribution in [0, 0.1) is 0 Å². The summed E-state index contributed by atoms with van der Waals surface area (Å²) in [5.74, 6) is 1.68. The number of benzene rings is 1. The first-order valence-electron chi connectivity index (χ1n) is 7.76. The Hall–Kier alpha value is -1.71. The van der Waals surface area contributed by atoms with Crippen LogP contribution in [-0.2, 0) is 10.2 Å². The van der Waals surface area contributed by atoms with E-state index in [2.05, 4.69) is 26.1 Å². The molecular formula is C17H25NO3. The average Bonchev–Trinajstić information content (AvgIpc) is 2.84. The minimum atomic E-state index is -0.162. The molecule has 0 aliphatic carbocycles. The van der Waals surface area contributed by atoms with E-state index in [1.807, 2.05) is 18.2 Å². The summed E-state index contributed by atoms with van der Waals surface area (Å²) in [7, 11) is 0. The summed E-state index contributed by atoms with van der Waals surface area (Å²) in [5, 5.41) is 2.91. The van der Waals surface area contributed by atoms with Crippen LogP contribution in [0.25, 0.3) is 0 Å². The van der Waals surface area contributed by atoms with Crippen molar-refractivity contribution in [3.63, 3.8) is 0 Å². The van der Waals surface area contributed by atoms with Gasteiger partial charge in [0.1, 0.15) is 0 Å². The molecule has 0 saturated carbocycles. The number of carbonyl (C=O) groups is 1. The molecule has 1 amide bonds. The van der Waals surface area contributed by atoms with Gasteiger partial charge < -0.3 is 14.8 Å². The average molecular weight is 291 g/mol. The first-order valence-corrected chi connectivity index (χ1v) is 7.76. The molecule has 4 nitrogen and oxygen atoms in total. The zero-order valence-corrected chi connectivity index (χ0v) is 13.2. The molecule has 1 unspecified atom stereocenters. The maximum absolute atomic E-state index is 11.5. The molecule has 0 radical (unpaired) electrons. The van der Waals surface area contributed by atoms with Crippen molar-refractivity contribution in [2.45, 2.75) is 45.4 Å². The van der Waals surface area contributed by atoms with Crippen molar-refractivity contribution < 1.29 is 14.3 Å². The van der Waals surface area contributed by atoms with Gasteiger partial charge in [0.05, 0.1) is 13.2 Å². The molecule has 1 heterocycles. The predicted octanol–water partition coefficient (Wildman–Crippen LogP) is 3.04. The highest BCUT2D eigenvalue weighted by molar-refractivity contribution is 5.80. The van der Waals surface area contributed by atoms with Crippen molar-refractivity contribution in [2.75, 3.05) is 19.8 Å². The number of carbonyl (C=O) groups excluding carboxylic acids is 1. The first-order chi connectivity index (χ1) is 10.1. The number of nitrogens with one attached hydrogen (secondary N) is 1. The van der Waals surface area contributed by atoms with Crippen LogP contribution in [0.5, 0.6) is 11.5 Å². The zero-order valence-electron chi connectivity index (χ0n) is 13.2. The first kappa shape index (κ1) is 15.7. The van der Waals surface area contributed by atoms with Crippen molar-refractivity contribution in [2.24, 2.45) is 0 Å². The minimum Gasteiger partial charge on any atom is -0.490 e. The van der Waals surface area contributed by atoms with Crippen molar-refractivity contribution in [1.82, 2.24) is 5.32 Å². The molecule has 1 aliphatic rings. The van der Waals surface area contributed by atoms with Gasteiger partial charge in [-0.15, -0.1) is 0 Å². The van der Waals surface area contributed by atoms with E-state index in [4.69, 9.17) is 9.47 Å². The lowest BCUT2D eigenvalue weighted by Crippen LogP contribution is -2.25. The van der Waals surface area contributed by atoms with Crippen molar-refractivity contribution in [3.05, 3.63) is 23.8 Å². The van der Waals surface area contributed by atoms with Gasteiger partial charge in [0.25, 0.3) is 0 Å². The molecule has 1 atom stereocenters. The number of hydrogen-bond acceptors (Lipinski definition) is 3. The monoisotopic (exact) mass is 291 g/mol. The van der Waals surface area contributed by atoms with Gasteiger partial charge in [0.15, 0.2) is 11.5 Å². The summed E-state index contributed by atoms with van der Waals surface area (Å²) in [4.78, 5) is 11.5. The number of ether oxygens (including phenoxy) is 2. The molecule has 2 rings (SSSR count). The van der Waals surface area contributed by atoms with Crippen LogP contribution in [0.1, 0.15) is 45.6 Å². The lowest BCUT2D eigenvalue weighted by atomic mass is 9.81. The quantitative estimate of drug-likeness (QED) is 0.840. The molecular weight excluding hydrogens is 266 g/mol. The normalized spacial score (nSPS) is 21.2. The second-order valence-electron chi connectivity index (χ2n) is 5.87. The Morgan fingerprint density at radius 3 is 2.38 bits per heavy atom. The Labute approximate surface area is 126 Å². The van der Waals surface area contributed by atoms with Gasteiger partial charge in [0.2, 0.25) is 5.91 Å². The van der Waals surface area contributed by atoms with Crippen LogP contribution < -0.4 is 14.8 Å². The van der Waals surface area contributed by atoms with E-state index >= 15 is 0 Å². The fraction of sp³-hybridized carbons (Fsp3) is 0.588. The van der Waals surface area contributed by atoms with Gasteiger partial charge in [-0.05, 0) is 30.5 Å². The molecule has 21 heavy (non-hydrogen) atoms. The fourth-order valence-electron chi connectivity index (χ4n) is 2.52. The standard InChI is InChI=1S/C17H25NO3/c1-4-8-20-14-7-6-13(10-15(14)21-9-5-2)17(3)11-16(19)18-12-17/h6-7,10H,4-5,8-9,11-12H2,1-3H3,(H,18,19). The summed E-state index contributed by atoms with van der Waals surface area (Å²) >= 11 is 0. The third-order valence-corrected chi connectivity index (χ3v) is 3.79. The van der Waals surface area contributed by atoms with E-state index in [1.54, 1.807) is 0 Å². The van der Waals surface area contributed by atoms with Gasteiger partial charge in [0, 0.05) is 18.4 Å². The van der Waals surface area contributed by atoms with E-state index in [0.717, 1.165) is 29.9 Å². The third-order valence-electron chi connectivity index (χ3n) is 3.79. The van der Waals surface area contributed by atoms with E-state index in [1.165, 1.54) is 0 Å². The smallest absolute Gasteiger partial charge is 0.220 e. The van der Waals surface area contributed by atoms with Crippen molar-refractivity contribution in [3.8, 4) is 11.5 Å². The van der Waals surface area contributed by atoms with Gasteiger partial charge in [-0.1, -0.05) is 26.8 Å². The van der Waals surface area contributed by atoms with Crippen molar-refractivity contribution in [1.29, 1.82) is 0 Å². The highest BCUT2D eigenvalue weighted by Crippen LogP contribution is 2.37. The minimum absolute atomic E-state index is 0.111. The Morgan fingerprint density at radius 2 is 1.81 bits per heavy atom. The third kappa shape index (κ3) is 3.69. The fourth-order valence-corrected chi connectivity index (χ4v) is 2.52. The second-order valence-corrected chi connectivity index (χ2v) is 5.87. The predicted molar refractivity (Wildman–Crippen MR) is 83.0 cm³/mol. The molecule has 1 fully saturated rings. The SMILES string of the molecule is CCCOc1ccc(C2(C)CNC(=O)C2)cc1OCCC. The highest BCUT2D eigenvalue weighted by atomic mass is 16.5. The summed E-state index contributed by atoms with van der Waals surface area (Å²) < 4.78 is 11.6. The highest BCUT2D eigenvalue weighted by Gasteiger charge is 2.36. The van der Waals surface area contributed by atoms with Crippen LogP contribution in [0.3, 0.4) is 0 Å². The zero-order chi connectivity index (χ0) is 15.3. The molecule has 0 aromatic heterocycles. The molecule has 4 heteroatoms. The topological polar surface area (TPSA) is 47.6 Å². The molecule has 0 bridgehead atoms. The summed E-state index contributed by atoms with van der Waals surface area (Å²) in [5.41, 5.74) is 0.959. The molecule has 1 aromatic rings. The van der Waals surface area contributed by atoms with Crippen LogP contribution in [0.2, 0.25) is 0 Å². The number of hydrogen-bond donors (Lipinski definition) is 1. The second kappa shape index (κ2) is 6.83. The van der Waals surface area contributed by atoms with Gasteiger partial charge >= 0.3 is 0 Å². The number of rotatable bonds is 7. The molecule has 0 spiro atoms.